The van der Waals surface area contributed by atoms with Gasteiger partial charge in [0.15, 0.2) is 17.2 Å². The summed E-state index contributed by atoms with van der Waals surface area (Å²) in [5.74, 6) is 2.10. The molecule has 4 aromatic heterocycles. The number of hydrogen-bond acceptors (Lipinski definition) is 6. The van der Waals surface area contributed by atoms with Gasteiger partial charge in [-0.15, -0.1) is 0 Å². The van der Waals surface area contributed by atoms with Gasteiger partial charge in [-0.05, 0) is 47.5 Å². The molecule has 0 atom stereocenters. The number of nitrogens with zero attached hydrogens (tertiary/aromatic N) is 5. The highest BCUT2D eigenvalue weighted by Gasteiger charge is 2.23. The first-order valence-electron chi connectivity index (χ1n) is 17.5. The van der Waals surface area contributed by atoms with Crippen LogP contribution in [-0.4, -0.2) is 24.5 Å². The fourth-order valence-corrected chi connectivity index (χ4v) is 7.55. The van der Waals surface area contributed by atoms with Gasteiger partial charge in [-0.3, -0.25) is 4.57 Å². The van der Waals surface area contributed by atoms with Crippen LogP contribution < -0.4 is 0 Å². The summed E-state index contributed by atoms with van der Waals surface area (Å²) in [6, 6.07) is 55.3. The molecule has 4 heterocycles. The molecule has 0 amide bonds. The van der Waals surface area contributed by atoms with Gasteiger partial charge in [0.25, 0.3) is 0 Å². The maximum absolute atomic E-state index is 6.79. The summed E-state index contributed by atoms with van der Waals surface area (Å²) < 4.78 is 15.1. The van der Waals surface area contributed by atoms with Gasteiger partial charge in [0.05, 0.1) is 22.2 Å². The van der Waals surface area contributed by atoms with Gasteiger partial charge in [-0.25, -0.2) is 9.97 Å². The topological polar surface area (TPSA) is 82.8 Å². The standard InChI is InChI=1S/C46H27N5O2/c1-3-14-28(15-4-1)30-19-13-26-38-40(30)33-18-7-9-25-37(33)51(38)46-49-43(29-16-5-2-6-17-29)48-44(50-46)34-22-11-20-31-32-21-12-23-35(42(32)53-41(31)34)45-47-36-24-8-10-27-39(36)52-45/h1-27H. The van der Waals surface area contributed by atoms with Gasteiger partial charge in [-0.1, -0.05) is 127 Å². The number of aromatic nitrogens is 5. The van der Waals surface area contributed by atoms with Gasteiger partial charge in [0, 0.05) is 27.1 Å². The van der Waals surface area contributed by atoms with Crippen molar-refractivity contribution in [2.45, 2.75) is 0 Å². The molecule has 0 saturated carbocycles. The molecule has 7 aromatic carbocycles. The van der Waals surface area contributed by atoms with Crippen molar-refractivity contribution in [1.29, 1.82) is 0 Å². The molecule has 7 nitrogen and oxygen atoms in total. The number of oxazole rings is 1. The van der Waals surface area contributed by atoms with Crippen LogP contribution in [0.25, 0.3) is 106 Å². The average molecular weight is 682 g/mol. The Morgan fingerprint density at radius 3 is 1.81 bits per heavy atom. The number of benzene rings is 7. The molecule has 0 aliphatic rings. The Morgan fingerprint density at radius 2 is 1.00 bits per heavy atom. The second-order valence-electron chi connectivity index (χ2n) is 13.0. The Labute approximate surface area is 302 Å². The maximum atomic E-state index is 6.79. The summed E-state index contributed by atoms with van der Waals surface area (Å²) in [5, 5.41) is 4.16. The van der Waals surface area contributed by atoms with Crippen LogP contribution in [0.15, 0.2) is 173 Å². The molecule has 53 heavy (non-hydrogen) atoms. The molecule has 11 rings (SSSR count). The second kappa shape index (κ2) is 11.6. The van der Waals surface area contributed by atoms with Gasteiger partial charge in [0.2, 0.25) is 11.8 Å². The lowest BCUT2D eigenvalue weighted by atomic mass is 9.99. The van der Waals surface area contributed by atoms with E-state index in [0.29, 0.717) is 34.7 Å². The third kappa shape index (κ3) is 4.61. The van der Waals surface area contributed by atoms with E-state index in [1.165, 1.54) is 0 Å². The van der Waals surface area contributed by atoms with Gasteiger partial charge in [-0.2, -0.15) is 9.97 Å². The van der Waals surface area contributed by atoms with Crippen LogP contribution in [0.2, 0.25) is 0 Å². The molecule has 0 spiro atoms. The lowest BCUT2D eigenvalue weighted by molar-refractivity contribution is 0.615. The van der Waals surface area contributed by atoms with Gasteiger partial charge in [0.1, 0.15) is 16.7 Å². The van der Waals surface area contributed by atoms with Crippen molar-refractivity contribution >= 4 is 54.8 Å². The summed E-state index contributed by atoms with van der Waals surface area (Å²) in [7, 11) is 0. The predicted molar refractivity (Wildman–Crippen MR) is 211 cm³/mol. The number of furan rings is 1. The molecule has 11 aromatic rings. The lowest BCUT2D eigenvalue weighted by Gasteiger charge is -2.11. The van der Waals surface area contributed by atoms with Crippen LogP contribution in [0.5, 0.6) is 0 Å². The molecule has 0 bridgehead atoms. The minimum atomic E-state index is 0.507. The summed E-state index contributed by atoms with van der Waals surface area (Å²) in [6.07, 6.45) is 0. The van der Waals surface area contributed by atoms with Crippen molar-refractivity contribution in [1.82, 2.24) is 24.5 Å². The van der Waals surface area contributed by atoms with Crippen molar-refractivity contribution in [2.75, 3.05) is 0 Å². The van der Waals surface area contributed by atoms with Crippen molar-refractivity contribution in [3.05, 3.63) is 164 Å². The summed E-state index contributed by atoms with van der Waals surface area (Å²) in [4.78, 5) is 20.3. The van der Waals surface area contributed by atoms with E-state index in [0.717, 1.165) is 71.5 Å². The first-order valence-corrected chi connectivity index (χ1v) is 17.5. The van der Waals surface area contributed by atoms with Crippen LogP contribution in [0.3, 0.4) is 0 Å². The summed E-state index contributed by atoms with van der Waals surface area (Å²) in [6.45, 7) is 0. The van der Waals surface area contributed by atoms with E-state index in [1.807, 2.05) is 84.9 Å². The molecule has 248 valence electrons. The molecular weight excluding hydrogens is 655 g/mol. The molecule has 0 aliphatic carbocycles. The zero-order chi connectivity index (χ0) is 34.9. The predicted octanol–water partition coefficient (Wildman–Crippen LogP) is 11.7. The van der Waals surface area contributed by atoms with Gasteiger partial charge < -0.3 is 8.83 Å². The Bertz CT molecular complexity index is 3150. The minimum absolute atomic E-state index is 0.507. The van der Waals surface area contributed by atoms with Crippen molar-refractivity contribution in [2.24, 2.45) is 0 Å². The Kier molecular flexibility index (Phi) is 6.42. The zero-order valence-electron chi connectivity index (χ0n) is 28.1. The lowest BCUT2D eigenvalue weighted by Crippen LogP contribution is -2.06. The van der Waals surface area contributed by atoms with E-state index in [9.17, 15) is 0 Å². The second-order valence-corrected chi connectivity index (χ2v) is 13.0. The molecule has 0 saturated heterocycles. The van der Waals surface area contributed by atoms with E-state index in [-0.39, 0.29) is 0 Å². The quantitative estimate of drug-likeness (QED) is 0.180. The number of hydrogen-bond donors (Lipinski definition) is 0. The van der Waals surface area contributed by atoms with Crippen molar-refractivity contribution in [3.8, 4) is 51.3 Å². The van der Waals surface area contributed by atoms with Crippen LogP contribution in [0, 0.1) is 0 Å². The molecule has 0 fully saturated rings. The highest BCUT2D eigenvalue weighted by Crippen LogP contribution is 2.41. The van der Waals surface area contributed by atoms with Gasteiger partial charge >= 0.3 is 0 Å². The fraction of sp³-hybridized carbons (Fsp3) is 0. The van der Waals surface area contributed by atoms with Crippen LogP contribution in [-0.2, 0) is 0 Å². The molecule has 0 aliphatic heterocycles. The molecule has 0 N–H and O–H groups in total. The third-order valence-electron chi connectivity index (χ3n) is 9.93. The Morgan fingerprint density at radius 1 is 0.396 bits per heavy atom. The fourth-order valence-electron chi connectivity index (χ4n) is 7.55. The normalized spacial score (nSPS) is 11.8. The van der Waals surface area contributed by atoms with E-state index in [2.05, 4.69) is 83.4 Å². The third-order valence-corrected chi connectivity index (χ3v) is 9.93. The van der Waals surface area contributed by atoms with Crippen molar-refractivity contribution < 1.29 is 8.83 Å². The highest BCUT2D eigenvalue weighted by atomic mass is 16.4. The first-order chi connectivity index (χ1) is 26.3. The number of rotatable bonds is 5. The zero-order valence-corrected chi connectivity index (χ0v) is 28.1. The molecular formula is C46H27N5O2. The van der Waals surface area contributed by atoms with E-state index >= 15 is 0 Å². The minimum Gasteiger partial charge on any atom is -0.454 e. The number of fused-ring (bicyclic) bond motifs is 7. The molecule has 7 heteroatoms. The van der Waals surface area contributed by atoms with E-state index in [4.69, 9.17) is 28.8 Å². The maximum Gasteiger partial charge on any atom is 0.238 e. The largest absolute Gasteiger partial charge is 0.454 e. The monoisotopic (exact) mass is 681 g/mol. The SMILES string of the molecule is c1ccc(-c2nc(-c3cccc4c3oc3c(-c5nc6ccccc6o5)cccc34)nc(-n3c4ccccc4c4c(-c5ccccc5)cccc43)n2)cc1. The van der Waals surface area contributed by atoms with Crippen molar-refractivity contribution in [3.63, 3.8) is 0 Å². The molecule has 0 unspecified atom stereocenters. The summed E-state index contributed by atoms with van der Waals surface area (Å²) in [5.41, 5.74) is 9.63. The first kappa shape index (κ1) is 29.4. The van der Waals surface area contributed by atoms with E-state index in [1.54, 1.807) is 0 Å². The average Bonchev–Trinajstić information content (AvgIpc) is 3.93. The van der Waals surface area contributed by atoms with Crippen LogP contribution >= 0.6 is 0 Å². The molecule has 0 radical (unpaired) electrons. The highest BCUT2D eigenvalue weighted by molar-refractivity contribution is 6.16. The number of para-hydroxylation sites is 5. The Balaban J connectivity index is 1.17. The summed E-state index contributed by atoms with van der Waals surface area (Å²) >= 11 is 0. The Hall–Kier alpha value is -7.38. The van der Waals surface area contributed by atoms with Crippen LogP contribution in [0.1, 0.15) is 0 Å². The smallest absolute Gasteiger partial charge is 0.238 e. The van der Waals surface area contributed by atoms with Crippen LogP contribution in [0.4, 0.5) is 0 Å². The van der Waals surface area contributed by atoms with E-state index < -0.39 is 0 Å².